The van der Waals surface area contributed by atoms with Crippen LogP contribution in [0.4, 0.5) is 0 Å². The SMILES string of the molecule is Cc1nc(C(=O)NCCc2ccc(Cl)cc2)cs1. The minimum absolute atomic E-state index is 0.117. The molecule has 0 aliphatic heterocycles. The molecule has 1 heterocycles. The highest BCUT2D eigenvalue weighted by Crippen LogP contribution is 2.10. The lowest BCUT2D eigenvalue weighted by Gasteiger charge is -2.03. The van der Waals surface area contributed by atoms with Gasteiger partial charge >= 0.3 is 0 Å². The molecule has 1 aromatic carbocycles. The third-order valence-electron chi connectivity index (χ3n) is 2.46. The molecule has 5 heteroatoms. The zero-order valence-corrected chi connectivity index (χ0v) is 11.5. The number of aryl methyl sites for hydroxylation is 1. The van der Waals surface area contributed by atoms with E-state index in [9.17, 15) is 4.79 Å². The first kappa shape index (κ1) is 13.1. The zero-order chi connectivity index (χ0) is 13.0. The number of hydrogen-bond acceptors (Lipinski definition) is 3. The van der Waals surface area contributed by atoms with Gasteiger partial charge in [0.1, 0.15) is 5.69 Å². The number of carbonyl (C=O) groups is 1. The minimum atomic E-state index is -0.117. The van der Waals surface area contributed by atoms with Gasteiger partial charge in [0, 0.05) is 16.9 Å². The summed E-state index contributed by atoms with van der Waals surface area (Å²) in [6.45, 7) is 2.48. The van der Waals surface area contributed by atoms with Crippen LogP contribution in [0, 0.1) is 6.92 Å². The minimum Gasteiger partial charge on any atom is -0.350 e. The van der Waals surface area contributed by atoms with Gasteiger partial charge in [-0.05, 0) is 31.0 Å². The second-order valence-corrected chi connectivity index (χ2v) is 5.38. The second kappa shape index (κ2) is 5.98. The van der Waals surface area contributed by atoms with Crippen LogP contribution < -0.4 is 5.32 Å². The molecular weight excluding hydrogens is 268 g/mol. The van der Waals surface area contributed by atoms with Crippen molar-refractivity contribution in [1.82, 2.24) is 10.3 Å². The Morgan fingerprint density at radius 3 is 2.72 bits per heavy atom. The standard InChI is InChI=1S/C13H13ClN2OS/c1-9-16-12(8-18-9)13(17)15-7-6-10-2-4-11(14)5-3-10/h2-5,8H,6-7H2,1H3,(H,15,17). The summed E-state index contributed by atoms with van der Waals surface area (Å²) in [5.41, 5.74) is 1.64. The van der Waals surface area contributed by atoms with E-state index in [0.29, 0.717) is 12.2 Å². The zero-order valence-electron chi connectivity index (χ0n) is 9.94. The molecule has 18 heavy (non-hydrogen) atoms. The molecule has 0 fully saturated rings. The van der Waals surface area contributed by atoms with E-state index in [-0.39, 0.29) is 5.91 Å². The Labute approximate surface area is 115 Å². The lowest BCUT2D eigenvalue weighted by molar-refractivity contribution is 0.0949. The summed E-state index contributed by atoms with van der Waals surface area (Å²) in [5.74, 6) is -0.117. The molecule has 3 nitrogen and oxygen atoms in total. The van der Waals surface area contributed by atoms with Gasteiger partial charge in [-0.2, -0.15) is 0 Å². The molecule has 1 aromatic heterocycles. The van der Waals surface area contributed by atoms with Crippen LogP contribution in [0.2, 0.25) is 5.02 Å². The second-order valence-electron chi connectivity index (χ2n) is 3.88. The summed E-state index contributed by atoms with van der Waals surface area (Å²) in [5, 5.41) is 6.24. The van der Waals surface area contributed by atoms with E-state index in [1.165, 1.54) is 11.3 Å². The summed E-state index contributed by atoms with van der Waals surface area (Å²) in [4.78, 5) is 15.9. The Hall–Kier alpha value is -1.39. The van der Waals surface area contributed by atoms with E-state index >= 15 is 0 Å². The quantitative estimate of drug-likeness (QED) is 0.935. The van der Waals surface area contributed by atoms with Gasteiger partial charge in [-0.15, -0.1) is 11.3 Å². The maximum Gasteiger partial charge on any atom is 0.270 e. The van der Waals surface area contributed by atoms with Crippen LogP contribution in [-0.2, 0) is 6.42 Å². The molecule has 0 atom stereocenters. The molecular formula is C13H13ClN2OS. The van der Waals surface area contributed by atoms with Crippen molar-refractivity contribution in [1.29, 1.82) is 0 Å². The van der Waals surface area contributed by atoms with Gasteiger partial charge < -0.3 is 5.32 Å². The fourth-order valence-corrected chi connectivity index (χ4v) is 2.25. The van der Waals surface area contributed by atoms with Crippen molar-refractivity contribution < 1.29 is 4.79 Å². The number of aromatic nitrogens is 1. The number of nitrogens with zero attached hydrogens (tertiary/aromatic N) is 1. The van der Waals surface area contributed by atoms with E-state index in [1.54, 1.807) is 5.38 Å². The number of benzene rings is 1. The monoisotopic (exact) mass is 280 g/mol. The van der Waals surface area contributed by atoms with Gasteiger partial charge in [0.25, 0.3) is 5.91 Å². The third kappa shape index (κ3) is 3.55. The Balaban J connectivity index is 1.82. The number of thiazole rings is 1. The molecule has 0 aliphatic rings. The average Bonchev–Trinajstić information content (AvgIpc) is 2.78. The highest BCUT2D eigenvalue weighted by molar-refractivity contribution is 7.09. The van der Waals surface area contributed by atoms with E-state index in [1.807, 2.05) is 31.2 Å². The van der Waals surface area contributed by atoms with Gasteiger partial charge in [0.2, 0.25) is 0 Å². The summed E-state index contributed by atoms with van der Waals surface area (Å²) in [7, 11) is 0. The van der Waals surface area contributed by atoms with Gasteiger partial charge in [-0.1, -0.05) is 23.7 Å². The van der Waals surface area contributed by atoms with Crippen molar-refractivity contribution in [3.05, 3.63) is 50.9 Å². The maximum atomic E-state index is 11.7. The van der Waals surface area contributed by atoms with Crippen LogP contribution in [-0.4, -0.2) is 17.4 Å². The van der Waals surface area contributed by atoms with E-state index in [4.69, 9.17) is 11.6 Å². The topological polar surface area (TPSA) is 42.0 Å². The Bertz CT molecular complexity index is 536. The third-order valence-corrected chi connectivity index (χ3v) is 3.49. The molecule has 0 saturated heterocycles. The number of amides is 1. The Kier molecular flexibility index (Phi) is 4.33. The van der Waals surface area contributed by atoms with Crippen molar-refractivity contribution in [3.8, 4) is 0 Å². The number of carbonyl (C=O) groups excluding carboxylic acids is 1. The summed E-state index contributed by atoms with van der Waals surface area (Å²) < 4.78 is 0. The molecule has 2 aromatic rings. The van der Waals surface area contributed by atoms with E-state index in [2.05, 4.69) is 10.3 Å². The molecule has 1 N–H and O–H groups in total. The highest BCUT2D eigenvalue weighted by Gasteiger charge is 2.07. The van der Waals surface area contributed by atoms with Gasteiger partial charge in [0.05, 0.1) is 5.01 Å². The summed E-state index contributed by atoms with van der Waals surface area (Å²) in [6, 6.07) is 7.62. The van der Waals surface area contributed by atoms with Crippen molar-refractivity contribution >= 4 is 28.8 Å². The highest BCUT2D eigenvalue weighted by atomic mass is 35.5. The molecule has 0 radical (unpaired) electrons. The normalized spacial score (nSPS) is 10.3. The van der Waals surface area contributed by atoms with E-state index in [0.717, 1.165) is 22.0 Å². The molecule has 0 saturated carbocycles. The lowest BCUT2D eigenvalue weighted by Crippen LogP contribution is -2.25. The van der Waals surface area contributed by atoms with Crippen molar-refractivity contribution in [3.63, 3.8) is 0 Å². The van der Waals surface area contributed by atoms with Crippen molar-refractivity contribution in [2.45, 2.75) is 13.3 Å². The van der Waals surface area contributed by atoms with Crippen LogP contribution in [0.5, 0.6) is 0 Å². The first-order chi connectivity index (χ1) is 8.65. The molecule has 0 unspecified atom stereocenters. The molecule has 2 rings (SSSR count). The molecule has 0 aliphatic carbocycles. The van der Waals surface area contributed by atoms with Crippen molar-refractivity contribution in [2.75, 3.05) is 6.54 Å². The van der Waals surface area contributed by atoms with Crippen LogP contribution in [0.1, 0.15) is 21.1 Å². The fraction of sp³-hybridized carbons (Fsp3) is 0.231. The molecule has 0 bridgehead atoms. The Morgan fingerprint density at radius 1 is 1.39 bits per heavy atom. The Morgan fingerprint density at radius 2 is 2.11 bits per heavy atom. The number of rotatable bonds is 4. The van der Waals surface area contributed by atoms with Crippen LogP contribution in [0.3, 0.4) is 0 Å². The first-order valence-electron chi connectivity index (χ1n) is 5.60. The largest absolute Gasteiger partial charge is 0.350 e. The van der Waals surface area contributed by atoms with Crippen LogP contribution >= 0.6 is 22.9 Å². The lowest BCUT2D eigenvalue weighted by atomic mass is 10.1. The molecule has 94 valence electrons. The van der Waals surface area contributed by atoms with Gasteiger partial charge in [-0.3, -0.25) is 4.79 Å². The smallest absolute Gasteiger partial charge is 0.270 e. The predicted octanol–water partition coefficient (Wildman–Crippen LogP) is 3.08. The summed E-state index contributed by atoms with van der Waals surface area (Å²) >= 11 is 7.28. The maximum absolute atomic E-state index is 11.7. The molecule has 1 amide bonds. The average molecular weight is 281 g/mol. The number of nitrogens with one attached hydrogen (secondary N) is 1. The first-order valence-corrected chi connectivity index (χ1v) is 6.85. The van der Waals surface area contributed by atoms with Gasteiger partial charge in [0.15, 0.2) is 0 Å². The number of hydrogen-bond donors (Lipinski definition) is 1. The van der Waals surface area contributed by atoms with Crippen molar-refractivity contribution in [2.24, 2.45) is 0 Å². The fourth-order valence-electron chi connectivity index (χ4n) is 1.53. The number of halogens is 1. The summed E-state index contributed by atoms with van der Waals surface area (Å²) in [6.07, 6.45) is 0.784. The van der Waals surface area contributed by atoms with Gasteiger partial charge in [-0.25, -0.2) is 4.98 Å². The molecule has 0 spiro atoms. The van der Waals surface area contributed by atoms with Crippen LogP contribution in [0.15, 0.2) is 29.6 Å². The van der Waals surface area contributed by atoms with E-state index < -0.39 is 0 Å². The predicted molar refractivity (Wildman–Crippen MR) is 74.3 cm³/mol. The van der Waals surface area contributed by atoms with Crippen LogP contribution in [0.25, 0.3) is 0 Å².